The van der Waals surface area contributed by atoms with E-state index in [0.717, 1.165) is 159 Å². The second-order valence-electron chi connectivity index (χ2n) is 23.9. The zero-order valence-electron chi connectivity index (χ0n) is 50.4. The number of hydrogen-bond acceptors (Lipinski definition) is 5. The van der Waals surface area contributed by atoms with Gasteiger partial charge in [0, 0.05) is 69.9 Å². The molecule has 10 nitrogen and oxygen atoms in total. The third kappa shape index (κ3) is 9.55. The first-order valence-electron chi connectivity index (χ1n) is 31.5. The van der Waals surface area contributed by atoms with Crippen molar-refractivity contribution in [2.45, 2.75) is 12.8 Å². The molecule has 93 heavy (non-hydrogen) atoms. The van der Waals surface area contributed by atoms with Gasteiger partial charge in [-0.15, -0.1) is 0 Å². The Morgan fingerprint density at radius 2 is 0.634 bits per heavy atom. The molecule has 10 heteroatoms. The summed E-state index contributed by atoms with van der Waals surface area (Å²) in [5, 5.41) is 0. The molecule has 0 unspecified atom stereocenters. The summed E-state index contributed by atoms with van der Waals surface area (Å²) < 4.78 is 11.0. The summed E-state index contributed by atoms with van der Waals surface area (Å²) in [6.07, 6.45) is 18.3. The van der Waals surface area contributed by atoms with Crippen LogP contribution in [0.1, 0.15) is 17.7 Å². The molecule has 0 saturated heterocycles. The van der Waals surface area contributed by atoms with Crippen LogP contribution in [0.3, 0.4) is 0 Å². The molecule has 8 aromatic carbocycles. The predicted octanol–water partition coefficient (Wildman–Crippen LogP) is 19.8. The van der Waals surface area contributed by atoms with E-state index >= 15 is 0 Å². The van der Waals surface area contributed by atoms with Crippen molar-refractivity contribution in [3.8, 4) is 124 Å². The highest BCUT2D eigenvalue weighted by molar-refractivity contribution is 5.87. The van der Waals surface area contributed by atoms with Crippen LogP contribution in [0.2, 0.25) is 0 Å². The molecular weight excluding hydrogens is 1140 g/mol. The SMILES string of the molecule is C1=C(c2ccn3c(-c4ccc(-c5cc(-c6ccc(-c7ncc8ccccn78)cc6)cc(-c6ccc(-c7ncc8ccccn78)cc6)c5)cc4)ncc3c2)CCc2c(-c3ccccc3)nc(-c3ccc(-c4ccc(-c5nc(-c6ccccc6)c6ccccn56)cc4)cc3)n21. The van der Waals surface area contributed by atoms with Gasteiger partial charge in [-0.2, -0.15) is 0 Å². The van der Waals surface area contributed by atoms with Crippen molar-refractivity contribution in [1.29, 1.82) is 0 Å². The fraction of sp³-hybridized carbons (Fsp3) is 0.0241. The Kier molecular flexibility index (Phi) is 12.8. The van der Waals surface area contributed by atoms with Gasteiger partial charge in [-0.25, -0.2) is 24.9 Å². The summed E-state index contributed by atoms with van der Waals surface area (Å²) in [4.78, 5) is 25.2. The zero-order chi connectivity index (χ0) is 61.3. The van der Waals surface area contributed by atoms with Crippen LogP contribution in [0, 0.1) is 0 Å². The van der Waals surface area contributed by atoms with Gasteiger partial charge in [0.25, 0.3) is 0 Å². The number of aromatic nitrogens is 10. The molecule has 0 bridgehead atoms. The molecule has 0 atom stereocenters. The molecule has 1 aliphatic rings. The molecule has 0 radical (unpaired) electrons. The van der Waals surface area contributed by atoms with E-state index in [0.29, 0.717) is 0 Å². The number of allylic oxidation sites excluding steroid dienone is 1. The molecule has 1 aliphatic heterocycles. The summed E-state index contributed by atoms with van der Waals surface area (Å²) in [7, 11) is 0. The number of imidazole rings is 5. The van der Waals surface area contributed by atoms with E-state index < -0.39 is 0 Å². The fourth-order valence-electron chi connectivity index (χ4n) is 13.5. The lowest BCUT2D eigenvalue weighted by molar-refractivity contribution is 0.895. The van der Waals surface area contributed by atoms with Gasteiger partial charge in [-0.05, 0) is 135 Å². The fourth-order valence-corrected chi connectivity index (χ4v) is 13.5. The molecule has 9 aromatic heterocycles. The first-order valence-corrected chi connectivity index (χ1v) is 31.5. The quantitative estimate of drug-likeness (QED) is 0.122. The first kappa shape index (κ1) is 53.5. The lowest BCUT2D eigenvalue weighted by Gasteiger charge is -2.19. The van der Waals surface area contributed by atoms with Gasteiger partial charge < -0.3 is 4.57 Å². The second kappa shape index (κ2) is 22.2. The van der Waals surface area contributed by atoms with E-state index in [1.165, 1.54) is 16.8 Å². The minimum atomic E-state index is 0.852. The summed E-state index contributed by atoms with van der Waals surface area (Å²) >= 11 is 0. The third-order valence-corrected chi connectivity index (χ3v) is 18.3. The van der Waals surface area contributed by atoms with Gasteiger partial charge in [0.1, 0.15) is 29.1 Å². The van der Waals surface area contributed by atoms with Crippen molar-refractivity contribution in [3.63, 3.8) is 0 Å². The van der Waals surface area contributed by atoms with Gasteiger partial charge in [-0.1, -0.05) is 200 Å². The Morgan fingerprint density at radius 3 is 1.14 bits per heavy atom. The van der Waals surface area contributed by atoms with Gasteiger partial charge in [0.15, 0.2) is 0 Å². The Bertz CT molecular complexity index is 5560. The average Bonchev–Trinajstić information content (AvgIpc) is 1.72. The topological polar surface area (TPSA) is 87.0 Å². The first-order chi connectivity index (χ1) is 46.0. The number of hydrogen-bond donors (Lipinski definition) is 0. The molecule has 0 fully saturated rings. The largest absolute Gasteiger partial charge is 0.303 e. The van der Waals surface area contributed by atoms with E-state index in [2.05, 4.69) is 290 Å². The lowest BCUT2D eigenvalue weighted by Crippen LogP contribution is -2.06. The highest BCUT2D eigenvalue weighted by Gasteiger charge is 2.24. The molecule has 0 saturated carbocycles. The number of pyridine rings is 4. The lowest BCUT2D eigenvalue weighted by atomic mass is 9.92. The molecule has 18 rings (SSSR count). The second-order valence-corrected chi connectivity index (χ2v) is 23.9. The zero-order valence-corrected chi connectivity index (χ0v) is 50.4. The van der Waals surface area contributed by atoms with Crippen LogP contribution in [-0.4, -0.2) is 47.1 Å². The summed E-state index contributed by atoms with van der Waals surface area (Å²) in [6.45, 7) is 0. The molecule has 0 amide bonds. The van der Waals surface area contributed by atoms with Crippen LogP contribution in [0.5, 0.6) is 0 Å². The Hall–Kier alpha value is -12.5. The normalized spacial score (nSPS) is 12.3. The number of fused-ring (bicyclic) bond motifs is 5. The molecule has 0 aliphatic carbocycles. The van der Waals surface area contributed by atoms with Gasteiger partial charge in [-0.3, -0.25) is 17.6 Å². The van der Waals surface area contributed by atoms with Gasteiger partial charge in [0.2, 0.25) is 0 Å². The third-order valence-electron chi connectivity index (χ3n) is 18.3. The van der Waals surface area contributed by atoms with Crippen LogP contribution in [0.25, 0.3) is 158 Å². The van der Waals surface area contributed by atoms with Crippen molar-refractivity contribution in [2.75, 3.05) is 0 Å². The monoisotopic (exact) mass is 1190 g/mol. The van der Waals surface area contributed by atoms with Crippen molar-refractivity contribution < 1.29 is 0 Å². The Labute approximate surface area is 536 Å². The number of benzene rings is 8. The maximum absolute atomic E-state index is 5.43. The van der Waals surface area contributed by atoms with Gasteiger partial charge >= 0.3 is 0 Å². The highest BCUT2D eigenvalue weighted by atomic mass is 15.1. The van der Waals surface area contributed by atoms with E-state index in [-0.39, 0.29) is 0 Å². The number of nitrogens with zero attached hydrogens (tertiary/aromatic N) is 10. The van der Waals surface area contributed by atoms with Crippen LogP contribution < -0.4 is 0 Å². The van der Waals surface area contributed by atoms with E-state index in [1.54, 1.807) is 0 Å². The van der Waals surface area contributed by atoms with Crippen LogP contribution in [0.4, 0.5) is 0 Å². The molecule has 17 aromatic rings. The van der Waals surface area contributed by atoms with Crippen molar-refractivity contribution in [3.05, 3.63) is 322 Å². The predicted molar refractivity (Wildman–Crippen MR) is 376 cm³/mol. The highest BCUT2D eigenvalue weighted by Crippen LogP contribution is 2.40. The standard InChI is InChI=1S/C83H56N10/c1-3-13-60(14-4-1)77-75-19-9-12-45-92(75)82(87-77)65-36-20-55(21-37-65)56-22-38-66(39-23-56)83-88-78(61-15-5-2-6-16-61)76-41-40-68(54-93(76)83)67-42-46-91-74(50-67)53-86-81(91)64-34-28-59(29-35-64)71-48-69(57-24-30-62(31-25-57)79-84-51-72-17-7-10-43-89(72)79)47-70(49-71)58-26-32-63(33-27-58)80-85-52-73-18-8-11-44-90(73)80/h1-39,42-54H,40-41H2. The van der Waals surface area contributed by atoms with Crippen LogP contribution in [-0.2, 0) is 6.42 Å². The van der Waals surface area contributed by atoms with E-state index in [1.807, 2.05) is 48.9 Å². The molecular formula is C83H56N10. The maximum atomic E-state index is 5.43. The Morgan fingerprint density at radius 1 is 0.247 bits per heavy atom. The maximum Gasteiger partial charge on any atom is 0.145 e. The molecule has 438 valence electrons. The van der Waals surface area contributed by atoms with Gasteiger partial charge in [0.05, 0.1) is 57.7 Å². The average molecular weight is 1190 g/mol. The van der Waals surface area contributed by atoms with Crippen molar-refractivity contribution in [1.82, 2.24) is 47.1 Å². The van der Waals surface area contributed by atoms with Crippen LogP contribution >= 0.6 is 0 Å². The molecule has 0 spiro atoms. The molecule has 0 N–H and O–H groups in total. The number of rotatable bonds is 12. The summed E-state index contributed by atoms with van der Waals surface area (Å²) in [5.74, 6) is 4.57. The summed E-state index contributed by atoms with van der Waals surface area (Å²) in [6, 6.07) is 94.9. The molecule has 10 heterocycles. The van der Waals surface area contributed by atoms with E-state index in [4.69, 9.17) is 24.9 Å². The minimum absolute atomic E-state index is 0.852. The smallest absolute Gasteiger partial charge is 0.145 e. The minimum Gasteiger partial charge on any atom is -0.303 e. The summed E-state index contributed by atoms with van der Waals surface area (Å²) in [5.41, 5.74) is 26.4. The van der Waals surface area contributed by atoms with Crippen molar-refractivity contribution in [2.24, 2.45) is 0 Å². The van der Waals surface area contributed by atoms with Crippen LogP contribution in [0.15, 0.2) is 310 Å². The van der Waals surface area contributed by atoms with E-state index in [9.17, 15) is 0 Å². The Balaban J connectivity index is 0.635. The van der Waals surface area contributed by atoms with Crippen molar-refractivity contribution >= 4 is 33.8 Å².